The minimum atomic E-state index is 0.196. The first-order valence-corrected chi connectivity index (χ1v) is 8.55. The molecule has 1 unspecified atom stereocenters. The first-order chi connectivity index (χ1) is 9.57. The molecule has 21 heavy (non-hydrogen) atoms. The molecule has 0 saturated carbocycles. The van der Waals surface area contributed by atoms with E-state index in [1.54, 1.807) is 5.57 Å². The summed E-state index contributed by atoms with van der Waals surface area (Å²) in [6.07, 6.45) is 6.03. The second-order valence-electron chi connectivity index (χ2n) is 8.16. The van der Waals surface area contributed by atoms with Gasteiger partial charge in [-0.15, -0.1) is 0 Å². The molecule has 1 heteroatoms. The van der Waals surface area contributed by atoms with E-state index in [1.165, 1.54) is 11.1 Å². The fourth-order valence-electron chi connectivity index (χ4n) is 2.75. The van der Waals surface area contributed by atoms with Gasteiger partial charge in [0.05, 0.1) is 0 Å². The van der Waals surface area contributed by atoms with Crippen LogP contribution in [0, 0.1) is 10.8 Å². The molecule has 1 aromatic carbocycles. The highest BCUT2D eigenvalue weighted by Crippen LogP contribution is 2.43. The third-order valence-electron chi connectivity index (χ3n) is 4.26. The van der Waals surface area contributed by atoms with Crippen LogP contribution in [0.2, 0.25) is 0 Å². The Morgan fingerprint density at radius 1 is 1.00 bits per heavy atom. The quantitative estimate of drug-likeness (QED) is 0.519. The van der Waals surface area contributed by atoms with Crippen molar-refractivity contribution in [3.05, 3.63) is 57.6 Å². The van der Waals surface area contributed by atoms with E-state index in [4.69, 9.17) is 0 Å². The predicted octanol–water partition coefficient (Wildman–Crippen LogP) is 6.88. The average Bonchev–Trinajstić information content (AvgIpc) is 2.36. The second kappa shape index (κ2) is 5.76. The molecule has 0 N–H and O–H groups in total. The molecule has 1 aliphatic rings. The molecule has 0 saturated heterocycles. The number of benzene rings is 1. The van der Waals surface area contributed by atoms with Gasteiger partial charge in [-0.05, 0) is 40.5 Å². The van der Waals surface area contributed by atoms with Crippen LogP contribution in [0.3, 0.4) is 0 Å². The predicted molar refractivity (Wildman–Crippen MR) is 96.6 cm³/mol. The van der Waals surface area contributed by atoms with Crippen LogP contribution in [0.25, 0.3) is 0 Å². The van der Waals surface area contributed by atoms with Crippen LogP contribution in [-0.4, -0.2) is 0 Å². The first-order valence-electron chi connectivity index (χ1n) is 7.76. The summed E-state index contributed by atoms with van der Waals surface area (Å²) in [5, 5.41) is 0. The Hall–Kier alpha value is -0.820. The maximum Gasteiger partial charge on any atom is 0.0178 e. The van der Waals surface area contributed by atoms with Crippen molar-refractivity contribution in [3.8, 4) is 0 Å². The molecule has 0 fully saturated rings. The number of halogens is 1. The number of hydrogen-bond donors (Lipinski definition) is 0. The van der Waals surface area contributed by atoms with Gasteiger partial charge in [0.15, 0.2) is 0 Å². The Kier molecular flexibility index (Phi) is 4.54. The van der Waals surface area contributed by atoms with Gasteiger partial charge in [-0.25, -0.2) is 0 Å². The lowest BCUT2D eigenvalue weighted by Crippen LogP contribution is -2.19. The summed E-state index contributed by atoms with van der Waals surface area (Å²) < 4.78 is 1.16. The highest BCUT2D eigenvalue weighted by molar-refractivity contribution is 9.10. The van der Waals surface area contributed by atoms with E-state index in [2.05, 4.69) is 93.9 Å². The van der Waals surface area contributed by atoms with Crippen molar-refractivity contribution < 1.29 is 0 Å². The molecule has 1 atom stereocenters. The van der Waals surface area contributed by atoms with E-state index < -0.39 is 0 Å². The van der Waals surface area contributed by atoms with Crippen LogP contribution < -0.4 is 0 Å². The topological polar surface area (TPSA) is 0 Å². The van der Waals surface area contributed by atoms with Crippen molar-refractivity contribution in [2.45, 2.75) is 53.9 Å². The Morgan fingerprint density at radius 2 is 1.67 bits per heavy atom. The molecule has 0 spiro atoms. The van der Waals surface area contributed by atoms with E-state index >= 15 is 0 Å². The summed E-state index contributed by atoms with van der Waals surface area (Å²) in [5.74, 6) is 0.482. The molecule has 0 bridgehead atoms. The third kappa shape index (κ3) is 4.10. The fourth-order valence-corrected chi connectivity index (χ4v) is 3.16. The fraction of sp³-hybridized carbons (Fsp3) is 0.500. The van der Waals surface area contributed by atoms with Gasteiger partial charge in [-0.3, -0.25) is 0 Å². The molecule has 0 radical (unpaired) electrons. The van der Waals surface area contributed by atoms with Crippen molar-refractivity contribution in [1.82, 2.24) is 0 Å². The Balaban J connectivity index is 2.45. The van der Waals surface area contributed by atoms with Gasteiger partial charge in [0.2, 0.25) is 0 Å². The molecule has 0 heterocycles. The van der Waals surface area contributed by atoms with Crippen LogP contribution in [-0.2, 0) is 0 Å². The SMILES string of the molecule is CC(C)(C)C1=CC(c2cccc(Br)c2)CC(C(C)(C)C)=C1. The Labute approximate surface area is 138 Å². The summed E-state index contributed by atoms with van der Waals surface area (Å²) in [6.45, 7) is 13.9. The average molecular weight is 347 g/mol. The second-order valence-corrected chi connectivity index (χ2v) is 9.07. The minimum Gasteiger partial charge on any atom is -0.0729 e. The summed E-state index contributed by atoms with van der Waals surface area (Å²) in [5.41, 5.74) is 4.85. The van der Waals surface area contributed by atoms with Gasteiger partial charge < -0.3 is 0 Å². The van der Waals surface area contributed by atoms with Gasteiger partial charge in [-0.2, -0.15) is 0 Å². The van der Waals surface area contributed by atoms with E-state index in [0.29, 0.717) is 5.92 Å². The maximum absolute atomic E-state index is 3.60. The zero-order valence-electron chi connectivity index (χ0n) is 14.1. The van der Waals surface area contributed by atoms with Gasteiger partial charge in [0, 0.05) is 10.4 Å². The third-order valence-corrected chi connectivity index (χ3v) is 4.75. The van der Waals surface area contributed by atoms with E-state index in [1.807, 2.05) is 0 Å². The molecule has 2 rings (SSSR count). The summed E-state index contributed by atoms with van der Waals surface area (Å²) in [7, 11) is 0. The van der Waals surface area contributed by atoms with Crippen LogP contribution >= 0.6 is 15.9 Å². The molecule has 1 aliphatic carbocycles. The lowest BCUT2D eigenvalue weighted by Gasteiger charge is -2.34. The lowest BCUT2D eigenvalue weighted by atomic mass is 9.71. The molecule has 0 amide bonds. The zero-order chi connectivity index (χ0) is 15.8. The Morgan fingerprint density at radius 3 is 2.19 bits per heavy atom. The number of allylic oxidation sites excluding steroid dienone is 4. The summed E-state index contributed by atoms with van der Waals surface area (Å²) in [4.78, 5) is 0. The van der Waals surface area contributed by atoms with E-state index in [9.17, 15) is 0 Å². The lowest BCUT2D eigenvalue weighted by molar-refractivity contribution is 0.454. The molecular weight excluding hydrogens is 320 g/mol. The van der Waals surface area contributed by atoms with Gasteiger partial charge in [-0.1, -0.05) is 87.3 Å². The van der Waals surface area contributed by atoms with Crippen LogP contribution in [0.15, 0.2) is 52.0 Å². The highest BCUT2D eigenvalue weighted by Gasteiger charge is 2.28. The monoisotopic (exact) mass is 346 g/mol. The standard InChI is InChI=1S/C20H27Br/c1-19(2,3)16-10-15(11-17(13-16)20(4,5)6)14-8-7-9-18(21)12-14/h7-10,12-13,15H,11H2,1-6H3. The van der Waals surface area contributed by atoms with Gasteiger partial charge >= 0.3 is 0 Å². The summed E-state index contributed by atoms with van der Waals surface area (Å²) >= 11 is 3.60. The maximum atomic E-state index is 3.60. The molecule has 0 nitrogen and oxygen atoms in total. The van der Waals surface area contributed by atoms with Crippen LogP contribution in [0.1, 0.15) is 59.4 Å². The Bertz CT molecular complexity index is 577. The largest absolute Gasteiger partial charge is 0.0729 e. The minimum absolute atomic E-state index is 0.196. The summed E-state index contributed by atoms with van der Waals surface area (Å²) in [6, 6.07) is 8.74. The molecular formula is C20H27Br. The van der Waals surface area contributed by atoms with Crippen LogP contribution in [0.4, 0.5) is 0 Å². The van der Waals surface area contributed by atoms with E-state index in [-0.39, 0.29) is 10.8 Å². The molecule has 0 aliphatic heterocycles. The van der Waals surface area contributed by atoms with Crippen LogP contribution in [0.5, 0.6) is 0 Å². The molecule has 1 aromatic rings. The van der Waals surface area contributed by atoms with Crippen molar-refractivity contribution in [2.75, 3.05) is 0 Å². The van der Waals surface area contributed by atoms with Crippen molar-refractivity contribution in [2.24, 2.45) is 10.8 Å². The highest BCUT2D eigenvalue weighted by atomic mass is 79.9. The van der Waals surface area contributed by atoms with Gasteiger partial charge in [0.1, 0.15) is 0 Å². The smallest absolute Gasteiger partial charge is 0.0178 e. The van der Waals surface area contributed by atoms with Crippen molar-refractivity contribution >= 4 is 15.9 Å². The first kappa shape index (κ1) is 16.5. The van der Waals surface area contributed by atoms with Crippen molar-refractivity contribution in [1.29, 1.82) is 0 Å². The normalized spacial score (nSPS) is 20.0. The zero-order valence-corrected chi connectivity index (χ0v) is 15.7. The van der Waals surface area contributed by atoms with E-state index in [0.717, 1.165) is 10.9 Å². The number of rotatable bonds is 1. The van der Waals surface area contributed by atoms with Gasteiger partial charge in [0.25, 0.3) is 0 Å². The number of hydrogen-bond acceptors (Lipinski definition) is 0. The van der Waals surface area contributed by atoms with Crippen molar-refractivity contribution in [3.63, 3.8) is 0 Å². The molecule has 114 valence electrons. The molecule has 0 aromatic heterocycles.